The Bertz CT molecular complexity index is 1760. The summed E-state index contributed by atoms with van der Waals surface area (Å²) in [6.07, 6.45) is 3.82. The van der Waals surface area contributed by atoms with Crippen molar-refractivity contribution in [1.29, 1.82) is 10.5 Å². The van der Waals surface area contributed by atoms with Crippen molar-refractivity contribution in [3.05, 3.63) is 131 Å². The molecule has 4 aromatic rings. The van der Waals surface area contributed by atoms with Gasteiger partial charge in [-0.15, -0.1) is 0 Å². The first kappa shape index (κ1) is 30.9. The highest BCUT2D eigenvalue weighted by Crippen LogP contribution is 2.28. The van der Waals surface area contributed by atoms with E-state index >= 15 is 0 Å². The zero-order valence-electron chi connectivity index (χ0n) is 26.3. The molecule has 0 radical (unpaired) electrons. The van der Waals surface area contributed by atoms with Crippen molar-refractivity contribution in [2.24, 2.45) is 0 Å². The fourth-order valence-electron chi connectivity index (χ4n) is 6.78. The van der Waals surface area contributed by atoms with E-state index < -0.39 is 0 Å². The topological polar surface area (TPSA) is 77.6 Å². The van der Waals surface area contributed by atoms with Crippen molar-refractivity contribution in [2.75, 3.05) is 39.3 Å². The average Bonchev–Trinajstić information content (AvgIpc) is 3.49. The summed E-state index contributed by atoms with van der Waals surface area (Å²) in [5, 5.41) is 22.3. The molecular formula is C39H40N6O. The first-order valence-corrected chi connectivity index (χ1v) is 16.3. The van der Waals surface area contributed by atoms with E-state index in [4.69, 9.17) is 0 Å². The number of nitriles is 2. The number of fused-ring (bicyclic) bond motifs is 1. The Morgan fingerprint density at radius 1 is 0.717 bits per heavy atom. The van der Waals surface area contributed by atoms with Gasteiger partial charge in [-0.05, 0) is 65.5 Å². The van der Waals surface area contributed by atoms with Gasteiger partial charge < -0.3 is 14.7 Å². The van der Waals surface area contributed by atoms with Crippen LogP contribution in [0.5, 0.6) is 0 Å². The molecule has 0 N–H and O–H groups in total. The third-order valence-electron chi connectivity index (χ3n) is 9.09. The Morgan fingerprint density at radius 2 is 1.41 bits per heavy atom. The predicted octanol–water partition coefficient (Wildman–Crippen LogP) is 6.54. The van der Waals surface area contributed by atoms with Gasteiger partial charge in [0.05, 0.1) is 0 Å². The van der Waals surface area contributed by atoms with E-state index in [2.05, 4.69) is 81.4 Å². The third kappa shape index (κ3) is 7.23. The Morgan fingerprint density at radius 3 is 2.22 bits per heavy atom. The molecule has 2 saturated heterocycles. The molecule has 4 aromatic carbocycles. The van der Waals surface area contributed by atoms with E-state index in [9.17, 15) is 15.3 Å². The highest BCUT2D eigenvalue weighted by molar-refractivity contribution is 5.94. The number of allylic oxidation sites excluding steroid dienone is 1. The molecule has 1 amide bonds. The summed E-state index contributed by atoms with van der Waals surface area (Å²) in [6, 6.07) is 36.9. The van der Waals surface area contributed by atoms with Crippen LogP contribution in [0, 0.1) is 22.7 Å². The van der Waals surface area contributed by atoms with Crippen LogP contribution in [0.4, 0.5) is 0 Å². The lowest BCUT2D eigenvalue weighted by molar-refractivity contribution is 0.0730. The minimum atomic E-state index is -0.0276. The number of hydrogen-bond donors (Lipinski definition) is 0. The number of hydrogen-bond acceptors (Lipinski definition) is 6. The summed E-state index contributed by atoms with van der Waals surface area (Å²) in [5.41, 5.74) is 4.27. The van der Waals surface area contributed by atoms with Crippen LogP contribution in [0.25, 0.3) is 10.8 Å². The van der Waals surface area contributed by atoms with Gasteiger partial charge >= 0.3 is 0 Å². The number of carbonyl (C=O) groups excluding carboxylic acids is 1. The Labute approximate surface area is 272 Å². The number of carbonyl (C=O) groups is 1. The van der Waals surface area contributed by atoms with Gasteiger partial charge in [-0.2, -0.15) is 10.5 Å². The van der Waals surface area contributed by atoms with Crippen LogP contribution in [0.2, 0.25) is 0 Å². The lowest BCUT2D eigenvalue weighted by Crippen LogP contribution is -2.38. The molecule has 7 heteroatoms. The van der Waals surface area contributed by atoms with Crippen LogP contribution in [-0.4, -0.2) is 64.8 Å². The van der Waals surface area contributed by atoms with E-state index in [1.807, 2.05) is 47.4 Å². The van der Waals surface area contributed by atoms with Gasteiger partial charge in [0, 0.05) is 51.4 Å². The summed E-state index contributed by atoms with van der Waals surface area (Å²) >= 11 is 0. The lowest BCUT2D eigenvalue weighted by Gasteiger charge is -2.29. The third-order valence-corrected chi connectivity index (χ3v) is 9.09. The van der Waals surface area contributed by atoms with Crippen LogP contribution in [0.3, 0.4) is 0 Å². The van der Waals surface area contributed by atoms with Gasteiger partial charge in [0.25, 0.3) is 5.91 Å². The van der Waals surface area contributed by atoms with Crippen molar-refractivity contribution in [1.82, 2.24) is 19.6 Å². The molecule has 0 aromatic heterocycles. The van der Waals surface area contributed by atoms with Gasteiger partial charge in [-0.1, -0.05) is 91.3 Å². The molecule has 0 bridgehead atoms. The summed E-state index contributed by atoms with van der Waals surface area (Å²) in [4.78, 5) is 22.5. The maximum atomic E-state index is 13.9. The molecule has 0 spiro atoms. The van der Waals surface area contributed by atoms with Gasteiger partial charge in [0.15, 0.2) is 5.57 Å². The second kappa shape index (κ2) is 14.8. The molecule has 0 atom stereocenters. The standard InChI is InChI=1S/C39H40N6O/c40-26-36(27-41)38-43(21-23-44(38)30-35-17-10-16-33-13-5-6-18-37(33)35)22-24-45(39(46)34-14-3-1-4-15-34)29-32-12-9-11-31(25-32)28-42-19-7-2-8-20-42/h1,3-6,9-18,25H,2,7-8,19-24,28-30H2. The number of likely N-dealkylation sites (tertiary alicyclic amines) is 1. The smallest absolute Gasteiger partial charge is 0.254 e. The number of rotatable bonds is 10. The zero-order valence-corrected chi connectivity index (χ0v) is 26.3. The summed E-state index contributed by atoms with van der Waals surface area (Å²) in [5.74, 6) is 0.619. The molecule has 2 fully saturated rings. The zero-order chi connectivity index (χ0) is 31.7. The molecule has 46 heavy (non-hydrogen) atoms. The van der Waals surface area contributed by atoms with E-state index in [0.29, 0.717) is 50.7 Å². The largest absolute Gasteiger partial charge is 0.353 e. The fourth-order valence-corrected chi connectivity index (χ4v) is 6.78. The molecule has 0 saturated carbocycles. The maximum absolute atomic E-state index is 13.9. The molecule has 2 heterocycles. The summed E-state index contributed by atoms with van der Waals surface area (Å²) < 4.78 is 0. The quantitative estimate of drug-likeness (QED) is 0.190. The van der Waals surface area contributed by atoms with Gasteiger partial charge in [0.2, 0.25) is 0 Å². The minimum Gasteiger partial charge on any atom is -0.353 e. The van der Waals surface area contributed by atoms with Crippen LogP contribution < -0.4 is 0 Å². The highest BCUT2D eigenvalue weighted by atomic mass is 16.2. The van der Waals surface area contributed by atoms with Crippen molar-refractivity contribution >= 4 is 16.7 Å². The van der Waals surface area contributed by atoms with Crippen LogP contribution in [0.15, 0.2) is 108 Å². The van der Waals surface area contributed by atoms with Crippen molar-refractivity contribution < 1.29 is 4.79 Å². The van der Waals surface area contributed by atoms with Gasteiger partial charge in [0.1, 0.15) is 18.0 Å². The molecule has 6 rings (SSSR count). The fraction of sp³-hybridized carbons (Fsp3) is 0.308. The van der Waals surface area contributed by atoms with Crippen molar-refractivity contribution in [3.8, 4) is 12.1 Å². The average molecular weight is 609 g/mol. The minimum absolute atomic E-state index is 0.0276. The maximum Gasteiger partial charge on any atom is 0.254 e. The second-order valence-electron chi connectivity index (χ2n) is 12.2. The van der Waals surface area contributed by atoms with Crippen LogP contribution >= 0.6 is 0 Å². The Hall–Kier alpha value is -5.11. The Kier molecular flexibility index (Phi) is 9.93. The van der Waals surface area contributed by atoms with Crippen molar-refractivity contribution in [2.45, 2.75) is 38.9 Å². The second-order valence-corrected chi connectivity index (χ2v) is 12.2. The first-order valence-electron chi connectivity index (χ1n) is 16.3. The molecule has 2 aliphatic rings. The predicted molar refractivity (Wildman–Crippen MR) is 181 cm³/mol. The number of amides is 1. The van der Waals surface area contributed by atoms with Crippen LogP contribution in [0.1, 0.15) is 46.3 Å². The van der Waals surface area contributed by atoms with Gasteiger partial charge in [-0.3, -0.25) is 9.69 Å². The van der Waals surface area contributed by atoms with Crippen LogP contribution in [-0.2, 0) is 19.6 Å². The number of benzene rings is 4. The molecule has 2 aliphatic heterocycles. The SMILES string of the molecule is N#CC(C#N)=C1N(CCN(Cc2cccc(CN3CCCCC3)c2)C(=O)c2ccccc2)CCN1Cc1cccc2ccccc12. The normalized spacial score (nSPS) is 15.0. The molecule has 0 aliphatic carbocycles. The van der Waals surface area contributed by atoms with E-state index in [1.54, 1.807) is 0 Å². The Balaban J connectivity index is 1.22. The van der Waals surface area contributed by atoms with E-state index in [0.717, 1.165) is 36.1 Å². The number of nitrogens with zero attached hydrogens (tertiary/aromatic N) is 6. The molecule has 7 nitrogen and oxygen atoms in total. The molecule has 0 unspecified atom stereocenters. The van der Waals surface area contributed by atoms with Crippen molar-refractivity contribution in [3.63, 3.8) is 0 Å². The summed E-state index contributed by atoms with van der Waals surface area (Å²) in [6.45, 7) is 6.62. The molecular weight excluding hydrogens is 568 g/mol. The van der Waals surface area contributed by atoms with E-state index in [-0.39, 0.29) is 11.5 Å². The van der Waals surface area contributed by atoms with Gasteiger partial charge in [-0.25, -0.2) is 0 Å². The molecule has 232 valence electrons. The lowest BCUT2D eigenvalue weighted by atomic mass is 10.0. The first-order chi connectivity index (χ1) is 22.6. The highest BCUT2D eigenvalue weighted by Gasteiger charge is 2.30. The number of piperidine rings is 1. The van der Waals surface area contributed by atoms with E-state index in [1.165, 1.54) is 30.2 Å². The summed E-state index contributed by atoms with van der Waals surface area (Å²) in [7, 11) is 0. The monoisotopic (exact) mass is 608 g/mol.